The van der Waals surface area contributed by atoms with Crippen molar-refractivity contribution in [1.29, 1.82) is 0 Å². The second-order valence-electron chi connectivity index (χ2n) is 6.31. The second kappa shape index (κ2) is 7.37. The van der Waals surface area contributed by atoms with E-state index < -0.39 is 5.91 Å². The Morgan fingerprint density at radius 1 is 1.19 bits per heavy atom. The van der Waals surface area contributed by atoms with Crippen LogP contribution in [0.1, 0.15) is 41.6 Å². The van der Waals surface area contributed by atoms with Gasteiger partial charge in [-0.15, -0.1) is 0 Å². The molecular weight excluding hydrogens is 330 g/mol. The zero-order valence-corrected chi connectivity index (χ0v) is 14.9. The topological polar surface area (TPSA) is 103 Å². The van der Waals surface area contributed by atoms with Crippen LogP contribution in [0.5, 0.6) is 0 Å². The van der Waals surface area contributed by atoms with Crippen LogP contribution in [0, 0.1) is 6.92 Å². The summed E-state index contributed by atoms with van der Waals surface area (Å²) in [5.41, 5.74) is 5.77. The molecule has 26 heavy (non-hydrogen) atoms. The number of amides is 1. The molecule has 0 bridgehead atoms. The summed E-state index contributed by atoms with van der Waals surface area (Å²) in [5.74, 6) is 1.35. The summed E-state index contributed by atoms with van der Waals surface area (Å²) >= 11 is 0. The predicted octanol–water partition coefficient (Wildman–Crippen LogP) is 3.77. The number of hydrogen-bond acceptors (Lipinski definition) is 5. The van der Waals surface area contributed by atoms with Gasteiger partial charge in [0.15, 0.2) is 0 Å². The molecule has 0 saturated heterocycles. The van der Waals surface area contributed by atoms with Crippen molar-refractivity contribution in [3.63, 3.8) is 0 Å². The molecule has 0 atom stereocenters. The first kappa shape index (κ1) is 17.6. The molecule has 3 rings (SSSR count). The Morgan fingerprint density at radius 2 is 1.92 bits per heavy atom. The smallest absolute Gasteiger partial charge is 0.274 e. The van der Waals surface area contributed by atoms with Crippen LogP contribution < -0.4 is 10.8 Å². The quantitative estimate of drug-likeness (QED) is 0.414. The highest BCUT2D eigenvalue weighted by Crippen LogP contribution is 2.28. The minimum absolute atomic E-state index is 0.334. The van der Waals surface area contributed by atoms with Crippen molar-refractivity contribution < 1.29 is 10.0 Å². The van der Waals surface area contributed by atoms with Crippen LogP contribution in [0.15, 0.2) is 42.6 Å². The fourth-order valence-corrected chi connectivity index (χ4v) is 2.71. The average Bonchev–Trinajstić information content (AvgIpc) is 3.04. The molecule has 3 aromatic rings. The van der Waals surface area contributed by atoms with E-state index in [-0.39, 0.29) is 0 Å². The fourth-order valence-electron chi connectivity index (χ4n) is 2.71. The minimum atomic E-state index is -0.549. The zero-order chi connectivity index (χ0) is 18.7. The maximum atomic E-state index is 11.4. The number of anilines is 2. The van der Waals surface area contributed by atoms with Gasteiger partial charge >= 0.3 is 0 Å². The number of nitrogens with zero attached hydrogens (tertiary/aromatic N) is 2. The summed E-state index contributed by atoms with van der Waals surface area (Å²) in [6.07, 6.45) is 1.74. The molecule has 0 aliphatic heterocycles. The third kappa shape index (κ3) is 3.73. The summed E-state index contributed by atoms with van der Waals surface area (Å²) in [4.78, 5) is 23.7. The van der Waals surface area contributed by atoms with Gasteiger partial charge in [0, 0.05) is 28.7 Å². The number of aromatic amines is 1. The standard InChI is InChI=1S/C19H21N5O2/c1-11(2)17-18(22-12(3)21-17)14-8-9-20-16(10-14)23-15-6-4-13(5-7-15)19(25)24-26/h4-11,26H,1-3H3,(H,20,23)(H,21,22)(H,24,25). The Hall–Kier alpha value is -3.19. The number of nitrogens with one attached hydrogen (secondary N) is 3. The number of hydrogen-bond donors (Lipinski definition) is 4. The van der Waals surface area contributed by atoms with Crippen LogP contribution in [0.25, 0.3) is 11.3 Å². The maximum Gasteiger partial charge on any atom is 0.274 e. The lowest BCUT2D eigenvalue weighted by molar-refractivity contribution is 0.0706. The number of carbonyl (C=O) groups excluding carboxylic acids is 1. The molecule has 1 aromatic carbocycles. The van der Waals surface area contributed by atoms with E-state index in [1.807, 2.05) is 19.1 Å². The first-order chi connectivity index (χ1) is 12.5. The molecule has 134 valence electrons. The van der Waals surface area contributed by atoms with Gasteiger partial charge < -0.3 is 10.3 Å². The molecular formula is C19H21N5O2. The molecule has 2 aromatic heterocycles. The van der Waals surface area contributed by atoms with Gasteiger partial charge in [0.2, 0.25) is 0 Å². The van der Waals surface area contributed by atoms with E-state index in [4.69, 9.17) is 5.21 Å². The number of benzene rings is 1. The Morgan fingerprint density at radius 3 is 2.58 bits per heavy atom. The Balaban J connectivity index is 1.85. The van der Waals surface area contributed by atoms with Crippen LogP contribution in [-0.2, 0) is 0 Å². The van der Waals surface area contributed by atoms with E-state index >= 15 is 0 Å². The van der Waals surface area contributed by atoms with E-state index in [0.29, 0.717) is 17.3 Å². The van der Waals surface area contributed by atoms with E-state index in [2.05, 4.69) is 34.1 Å². The van der Waals surface area contributed by atoms with Crippen molar-refractivity contribution in [2.45, 2.75) is 26.7 Å². The number of carbonyl (C=O) groups is 1. The molecule has 0 aliphatic rings. The molecule has 0 spiro atoms. The Kier molecular flexibility index (Phi) is 4.99. The van der Waals surface area contributed by atoms with Crippen LogP contribution in [-0.4, -0.2) is 26.1 Å². The molecule has 0 saturated carbocycles. The lowest BCUT2D eigenvalue weighted by Crippen LogP contribution is -2.18. The highest BCUT2D eigenvalue weighted by atomic mass is 16.5. The minimum Gasteiger partial charge on any atom is -0.345 e. The molecule has 0 aliphatic carbocycles. The van der Waals surface area contributed by atoms with E-state index in [1.165, 1.54) is 0 Å². The largest absolute Gasteiger partial charge is 0.345 e. The van der Waals surface area contributed by atoms with Gasteiger partial charge in [-0.3, -0.25) is 10.0 Å². The fraction of sp³-hybridized carbons (Fsp3) is 0.211. The van der Waals surface area contributed by atoms with E-state index in [9.17, 15) is 4.79 Å². The van der Waals surface area contributed by atoms with Gasteiger partial charge in [0.25, 0.3) is 5.91 Å². The molecule has 1 amide bonds. The highest BCUT2D eigenvalue weighted by Gasteiger charge is 2.14. The van der Waals surface area contributed by atoms with Gasteiger partial charge in [-0.25, -0.2) is 15.4 Å². The van der Waals surface area contributed by atoms with E-state index in [1.54, 1.807) is 35.9 Å². The molecule has 2 heterocycles. The Labute approximate surface area is 151 Å². The number of aromatic nitrogens is 3. The van der Waals surface area contributed by atoms with Gasteiger partial charge in [-0.1, -0.05) is 13.8 Å². The van der Waals surface area contributed by atoms with Crippen LogP contribution in [0.2, 0.25) is 0 Å². The van der Waals surface area contributed by atoms with E-state index in [0.717, 1.165) is 28.5 Å². The molecule has 0 radical (unpaired) electrons. The van der Waals surface area contributed by atoms with Gasteiger partial charge in [-0.05, 0) is 49.2 Å². The van der Waals surface area contributed by atoms with Gasteiger partial charge in [-0.2, -0.15) is 0 Å². The number of hydroxylamine groups is 1. The van der Waals surface area contributed by atoms with Crippen molar-refractivity contribution >= 4 is 17.4 Å². The molecule has 7 nitrogen and oxygen atoms in total. The van der Waals surface area contributed by atoms with Crippen molar-refractivity contribution in [2.24, 2.45) is 0 Å². The number of imidazole rings is 1. The molecule has 0 unspecified atom stereocenters. The van der Waals surface area contributed by atoms with Crippen molar-refractivity contribution in [3.05, 3.63) is 59.7 Å². The normalized spacial score (nSPS) is 10.8. The molecule has 4 N–H and O–H groups in total. The van der Waals surface area contributed by atoms with Gasteiger partial charge in [0.1, 0.15) is 11.6 Å². The first-order valence-electron chi connectivity index (χ1n) is 8.32. The second-order valence-corrected chi connectivity index (χ2v) is 6.31. The average molecular weight is 351 g/mol. The first-order valence-corrected chi connectivity index (χ1v) is 8.32. The van der Waals surface area contributed by atoms with Crippen molar-refractivity contribution in [1.82, 2.24) is 20.4 Å². The summed E-state index contributed by atoms with van der Waals surface area (Å²) < 4.78 is 0. The SMILES string of the molecule is Cc1nc(-c2ccnc(Nc3ccc(C(=O)NO)cc3)c2)c(C(C)C)[nH]1. The highest BCUT2D eigenvalue weighted by molar-refractivity contribution is 5.93. The Bertz CT molecular complexity index is 916. The maximum absolute atomic E-state index is 11.4. The number of pyridine rings is 1. The lowest BCUT2D eigenvalue weighted by atomic mass is 10.0. The third-order valence-electron chi connectivity index (χ3n) is 3.98. The van der Waals surface area contributed by atoms with Crippen LogP contribution in [0.3, 0.4) is 0 Å². The van der Waals surface area contributed by atoms with Crippen LogP contribution in [0.4, 0.5) is 11.5 Å². The van der Waals surface area contributed by atoms with Gasteiger partial charge in [0.05, 0.1) is 5.69 Å². The summed E-state index contributed by atoms with van der Waals surface area (Å²) in [6.45, 7) is 6.20. The molecule has 0 fully saturated rings. The number of rotatable bonds is 5. The number of H-pyrrole nitrogens is 1. The summed E-state index contributed by atoms with van der Waals surface area (Å²) in [6, 6.07) is 10.6. The summed E-state index contributed by atoms with van der Waals surface area (Å²) in [5, 5.41) is 11.9. The molecule has 7 heteroatoms. The zero-order valence-electron chi connectivity index (χ0n) is 14.9. The summed E-state index contributed by atoms with van der Waals surface area (Å²) in [7, 11) is 0. The monoisotopic (exact) mass is 351 g/mol. The van der Waals surface area contributed by atoms with Crippen LogP contribution >= 0.6 is 0 Å². The third-order valence-corrected chi connectivity index (χ3v) is 3.98. The van der Waals surface area contributed by atoms with Crippen molar-refractivity contribution in [2.75, 3.05) is 5.32 Å². The van der Waals surface area contributed by atoms with Crippen molar-refractivity contribution in [3.8, 4) is 11.3 Å². The predicted molar refractivity (Wildman–Crippen MR) is 99.6 cm³/mol. The number of aryl methyl sites for hydroxylation is 1. The lowest BCUT2D eigenvalue weighted by Gasteiger charge is -2.09.